The van der Waals surface area contributed by atoms with Crippen molar-refractivity contribution < 1.29 is 9.72 Å². The SMILES string of the molecule is C[C@H]1CCCCN1c1cc(NC(=O)c2ccc(Br)cc2)c(Cl)cc1[N+](=O)[O-]. The minimum atomic E-state index is -0.428. The van der Waals surface area contributed by atoms with Crippen molar-refractivity contribution in [2.75, 3.05) is 16.8 Å². The van der Waals surface area contributed by atoms with E-state index >= 15 is 0 Å². The summed E-state index contributed by atoms with van der Waals surface area (Å²) in [4.78, 5) is 25.6. The van der Waals surface area contributed by atoms with Crippen molar-refractivity contribution in [3.63, 3.8) is 0 Å². The Labute approximate surface area is 170 Å². The molecule has 0 aromatic heterocycles. The van der Waals surface area contributed by atoms with Crippen molar-refractivity contribution >= 4 is 50.5 Å². The number of piperidine rings is 1. The molecule has 0 spiro atoms. The zero-order valence-electron chi connectivity index (χ0n) is 14.7. The van der Waals surface area contributed by atoms with Gasteiger partial charge in [0.1, 0.15) is 5.69 Å². The average Bonchev–Trinajstić information content (AvgIpc) is 2.64. The molecule has 142 valence electrons. The van der Waals surface area contributed by atoms with E-state index in [0.29, 0.717) is 16.9 Å². The lowest BCUT2D eigenvalue weighted by molar-refractivity contribution is -0.384. The van der Waals surface area contributed by atoms with Crippen LogP contribution < -0.4 is 10.2 Å². The van der Waals surface area contributed by atoms with Gasteiger partial charge in [-0.1, -0.05) is 27.5 Å². The number of amides is 1. The molecule has 0 aliphatic carbocycles. The normalized spacial score (nSPS) is 16.9. The number of hydrogen-bond acceptors (Lipinski definition) is 4. The number of carbonyl (C=O) groups excluding carboxylic acids is 1. The zero-order chi connectivity index (χ0) is 19.6. The van der Waals surface area contributed by atoms with Gasteiger partial charge in [0.2, 0.25) is 0 Å². The van der Waals surface area contributed by atoms with Crippen molar-refractivity contribution in [2.45, 2.75) is 32.2 Å². The largest absolute Gasteiger partial charge is 0.363 e. The molecule has 2 aromatic carbocycles. The van der Waals surface area contributed by atoms with Gasteiger partial charge in [-0.25, -0.2) is 0 Å². The maximum atomic E-state index is 12.5. The lowest BCUT2D eigenvalue weighted by Gasteiger charge is -2.35. The van der Waals surface area contributed by atoms with E-state index in [0.717, 1.165) is 30.3 Å². The van der Waals surface area contributed by atoms with E-state index < -0.39 is 4.92 Å². The van der Waals surface area contributed by atoms with Crippen LogP contribution in [0.25, 0.3) is 0 Å². The summed E-state index contributed by atoms with van der Waals surface area (Å²) in [6.07, 6.45) is 3.05. The number of nitrogens with zero attached hydrogens (tertiary/aromatic N) is 2. The molecule has 1 N–H and O–H groups in total. The predicted octanol–water partition coefficient (Wildman–Crippen LogP) is 5.64. The van der Waals surface area contributed by atoms with Crippen molar-refractivity contribution in [1.29, 1.82) is 0 Å². The van der Waals surface area contributed by atoms with Crippen LogP contribution in [0.5, 0.6) is 0 Å². The Bertz CT molecular complexity index is 873. The topological polar surface area (TPSA) is 75.5 Å². The van der Waals surface area contributed by atoms with Gasteiger partial charge in [-0.15, -0.1) is 0 Å². The molecule has 1 amide bonds. The first-order chi connectivity index (χ1) is 12.9. The predicted molar refractivity (Wildman–Crippen MR) is 111 cm³/mol. The van der Waals surface area contributed by atoms with E-state index in [-0.39, 0.29) is 22.7 Å². The summed E-state index contributed by atoms with van der Waals surface area (Å²) in [6, 6.07) is 10.0. The number of nitro benzene ring substituents is 1. The average molecular weight is 453 g/mol. The summed E-state index contributed by atoms with van der Waals surface area (Å²) in [5.74, 6) is -0.323. The van der Waals surface area contributed by atoms with Gasteiger partial charge in [0.05, 0.1) is 15.6 Å². The maximum Gasteiger partial charge on any atom is 0.294 e. The summed E-state index contributed by atoms with van der Waals surface area (Å²) < 4.78 is 0.869. The van der Waals surface area contributed by atoms with E-state index in [1.807, 2.05) is 4.90 Å². The minimum Gasteiger partial charge on any atom is -0.363 e. The van der Waals surface area contributed by atoms with E-state index in [1.165, 1.54) is 6.07 Å². The molecule has 1 aliphatic heterocycles. The van der Waals surface area contributed by atoms with Crippen LogP contribution in [-0.2, 0) is 0 Å². The summed E-state index contributed by atoms with van der Waals surface area (Å²) in [7, 11) is 0. The Kier molecular flexibility index (Phi) is 6.01. The first-order valence-corrected chi connectivity index (χ1v) is 9.85. The monoisotopic (exact) mass is 451 g/mol. The highest BCUT2D eigenvalue weighted by molar-refractivity contribution is 9.10. The second-order valence-electron chi connectivity index (χ2n) is 6.58. The second kappa shape index (κ2) is 8.27. The lowest BCUT2D eigenvalue weighted by Crippen LogP contribution is -2.37. The number of nitro groups is 1. The Morgan fingerprint density at radius 1 is 1.30 bits per heavy atom. The molecule has 0 saturated carbocycles. The van der Waals surface area contributed by atoms with Crippen molar-refractivity contribution in [3.05, 3.63) is 61.6 Å². The molecule has 2 aromatic rings. The van der Waals surface area contributed by atoms with Crippen molar-refractivity contribution in [2.24, 2.45) is 0 Å². The fraction of sp³-hybridized carbons (Fsp3) is 0.316. The highest BCUT2D eigenvalue weighted by atomic mass is 79.9. The molecular formula is C19H19BrClN3O3. The fourth-order valence-corrected chi connectivity index (χ4v) is 3.74. The minimum absolute atomic E-state index is 0.0459. The van der Waals surface area contributed by atoms with Crippen LogP contribution >= 0.6 is 27.5 Å². The maximum absolute atomic E-state index is 12.5. The number of halogens is 2. The number of hydrogen-bond donors (Lipinski definition) is 1. The molecule has 8 heteroatoms. The first-order valence-electron chi connectivity index (χ1n) is 8.68. The number of rotatable bonds is 4. The molecule has 0 bridgehead atoms. The van der Waals surface area contributed by atoms with Crippen molar-refractivity contribution in [1.82, 2.24) is 0 Å². The van der Waals surface area contributed by atoms with Crippen LogP contribution in [0.3, 0.4) is 0 Å². The lowest BCUT2D eigenvalue weighted by atomic mass is 10.0. The molecule has 27 heavy (non-hydrogen) atoms. The molecule has 1 saturated heterocycles. The van der Waals surface area contributed by atoms with E-state index in [2.05, 4.69) is 28.2 Å². The fourth-order valence-electron chi connectivity index (χ4n) is 3.28. The Hall–Kier alpha value is -2.12. The molecule has 1 heterocycles. The van der Waals surface area contributed by atoms with Crippen LogP contribution in [0, 0.1) is 10.1 Å². The van der Waals surface area contributed by atoms with Crippen LogP contribution in [0.2, 0.25) is 5.02 Å². The molecule has 1 atom stereocenters. The van der Waals surface area contributed by atoms with Crippen LogP contribution in [0.4, 0.5) is 17.1 Å². The van der Waals surface area contributed by atoms with Gasteiger partial charge in [0.25, 0.3) is 11.6 Å². The van der Waals surface area contributed by atoms with E-state index in [4.69, 9.17) is 11.6 Å². The van der Waals surface area contributed by atoms with Crippen LogP contribution in [0.1, 0.15) is 36.5 Å². The molecule has 0 radical (unpaired) electrons. The third-order valence-corrected chi connectivity index (χ3v) is 5.57. The molecule has 1 fully saturated rings. The Balaban J connectivity index is 1.95. The Morgan fingerprint density at radius 2 is 2.00 bits per heavy atom. The number of benzene rings is 2. The number of nitrogens with one attached hydrogen (secondary N) is 1. The summed E-state index contributed by atoms with van der Waals surface area (Å²) in [5.41, 5.74) is 1.28. The quantitative estimate of drug-likeness (QED) is 0.481. The molecule has 3 rings (SSSR count). The van der Waals surface area contributed by atoms with Gasteiger partial charge in [0, 0.05) is 28.7 Å². The third-order valence-electron chi connectivity index (χ3n) is 4.73. The molecule has 6 nitrogen and oxygen atoms in total. The summed E-state index contributed by atoms with van der Waals surface area (Å²) in [5, 5.41) is 14.4. The van der Waals surface area contributed by atoms with E-state index in [1.54, 1.807) is 30.3 Å². The number of anilines is 2. The molecule has 1 aliphatic rings. The van der Waals surface area contributed by atoms with Gasteiger partial charge in [0.15, 0.2) is 0 Å². The first kappa shape index (κ1) is 19.6. The van der Waals surface area contributed by atoms with Crippen molar-refractivity contribution in [3.8, 4) is 0 Å². The summed E-state index contributed by atoms with van der Waals surface area (Å²) in [6.45, 7) is 2.79. The van der Waals surface area contributed by atoms with Gasteiger partial charge in [-0.3, -0.25) is 14.9 Å². The summed E-state index contributed by atoms with van der Waals surface area (Å²) >= 11 is 9.56. The molecule has 0 unspecified atom stereocenters. The Morgan fingerprint density at radius 3 is 2.63 bits per heavy atom. The van der Waals surface area contributed by atoms with Gasteiger partial charge >= 0.3 is 0 Å². The standard InChI is InChI=1S/C19H19BrClN3O3/c1-12-4-2-3-9-23(12)17-11-16(15(21)10-18(17)24(26)27)22-19(25)13-5-7-14(20)8-6-13/h5-8,10-12H,2-4,9H2,1H3,(H,22,25)/t12-/m0/s1. The molecular weight excluding hydrogens is 434 g/mol. The highest BCUT2D eigenvalue weighted by Crippen LogP contribution is 2.39. The van der Waals surface area contributed by atoms with Crippen LogP contribution in [0.15, 0.2) is 40.9 Å². The zero-order valence-corrected chi connectivity index (χ0v) is 17.1. The third kappa shape index (κ3) is 4.42. The van der Waals surface area contributed by atoms with Gasteiger partial charge in [-0.2, -0.15) is 0 Å². The number of carbonyl (C=O) groups is 1. The van der Waals surface area contributed by atoms with Crippen LogP contribution in [-0.4, -0.2) is 23.4 Å². The van der Waals surface area contributed by atoms with Gasteiger partial charge < -0.3 is 10.2 Å². The highest BCUT2D eigenvalue weighted by Gasteiger charge is 2.27. The van der Waals surface area contributed by atoms with Gasteiger partial charge in [-0.05, 0) is 56.5 Å². The second-order valence-corrected chi connectivity index (χ2v) is 7.90. The smallest absolute Gasteiger partial charge is 0.294 e. The van der Waals surface area contributed by atoms with E-state index in [9.17, 15) is 14.9 Å².